The average molecular weight is 488 g/mol. The number of carboxylic acid groups (broad SMARTS) is 2. The molecule has 0 bridgehead atoms. The maximum absolute atomic E-state index is 13.1. The Labute approximate surface area is 200 Å². The Kier molecular flexibility index (Phi) is 9.11. The standard InChI is InChI=1S/C23H28N4O8/c1-12(2)10-16(23(34)35)26-21(32)17-4-3-9-27(17)22(33)14-11-13(5-7-18(14)28)25-20(31)15(24)6-8-19(29)30/h3-5,7,9,11-12,15-16,28H,6,8,10,24H2,1-2H3,(H,25,31)(H,26,32)(H,29,30)(H,34,35)/t15?,16-/m0/s1. The van der Waals surface area contributed by atoms with Crippen LogP contribution in [0, 0.1) is 5.92 Å². The normalized spacial score (nSPS) is 12.6. The lowest BCUT2D eigenvalue weighted by atomic mass is 10.0. The monoisotopic (exact) mass is 488 g/mol. The molecular weight excluding hydrogens is 460 g/mol. The van der Waals surface area contributed by atoms with Gasteiger partial charge in [-0.25, -0.2) is 4.79 Å². The number of aromatic nitrogens is 1. The molecule has 1 aromatic heterocycles. The number of hydrogen-bond acceptors (Lipinski definition) is 7. The van der Waals surface area contributed by atoms with E-state index in [1.807, 2.05) is 13.8 Å². The highest BCUT2D eigenvalue weighted by atomic mass is 16.4. The van der Waals surface area contributed by atoms with Gasteiger partial charge in [0.15, 0.2) is 0 Å². The topological polar surface area (TPSA) is 201 Å². The zero-order chi connectivity index (χ0) is 26.3. The van der Waals surface area contributed by atoms with Crippen LogP contribution in [0.4, 0.5) is 5.69 Å². The smallest absolute Gasteiger partial charge is 0.326 e. The Morgan fingerprint density at radius 3 is 2.37 bits per heavy atom. The molecule has 0 saturated carbocycles. The molecule has 2 rings (SSSR count). The van der Waals surface area contributed by atoms with Crippen LogP contribution in [0.3, 0.4) is 0 Å². The summed E-state index contributed by atoms with van der Waals surface area (Å²) >= 11 is 0. The fourth-order valence-corrected chi connectivity index (χ4v) is 3.23. The zero-order valence-electron chi connectivity index (χ0n) is 19.2. The summed E-state index contributed by atoms with van der Waals surface area (Å²) in [6, 6.07) is 4.14. The molecule has 188 valence electrons. The Bertz CT molecular complexity index is 1120. The third-order valence-corrected chi connectivity index (χ3v) is 5.01. The largest absolute Gasteiger partial charge is 0.507 e. The summed E-state index contributed by atoms with van der Waals surface area (Å²) < 4.78 is 0.947. The van der Waals surface area contributed by atoms with Gasteiger partial charge in [0.25, 0.3) is 11.8 Å². The molecular formula is C23H28N4O8. The molecule has 0 spiro atoms. The summed E-state index contributed by atoms with van der Waals surface area (Å²) in [7, 11) is 0. The molecule has 2 atom stereocenters. The number of nitrogens with one attached hydrogen (secondary N) is 2. The van der Waals surface area contributed by atoms with Gasteiger partial charge in [-0.15, -0.1) is 0 Å². The number of amides is 2. The van der Waals surface area contributed by atoms with Gasteiger partial charge in [-0.3, -0.25) is 23.7 Å². The molecule has 1 aromatic carbocycles. The first-order valence-electron chi connectivity index (χ1n) is 10.8. The second-order valence-corrected chi connectivity index (χ2v) is 8.32. The zero-order valence-corrected chi connectivity index (χ0v) is 19.2. The van der Waals surface area contributed by atoms with Crippen molar-refractivity contribution in [1.82, 2.24) is 9.88 Å². The van der Waals surface area contributed by atoms with Crippen molar-refractivity contribution in [2.45, 2.75) is 45.2 Å². The summed E-state index contributed by atoms with van der Waals surface area (Å²) in [6.45, 7) is 3.61. The third-order valence-electron chi connectivity index (χ3n) is 5.01. The lowest BCUT2D eigenvalue weighted by Gasteiger charge is -2.17. The fraction of sp³-hybridized carbons (Fsp3) is 0.348. The van der Waals surface area contributed by atoms with Crippen molar-refractivity contribution < 1.29 is 39.3 Å². The van der Waals surface area contributed by atoms with Crippen LogP contribution in [0.25, 0.3) is 0 Å². The number of carbonyl (C=O) groups excluding carboxylic acids is 3. The van der Waals surface area contributed by atoms with Gasteiger partial charge < -0.3 is 31.7 Å². The number of aliphatic carboxylic acids is 2. The van der Waals surface area contributed by atoms with Crippen LogP contribution in [0.1, 0.15) is 54.0 Å². The number of hydrogen-bond donors (Lipinski definition) is 6. The molecule has 0 aliphatic rings. The fourth-order valence-electron chi connectivity index (χ4n) is 3.23. The van der Waals surface area contributed by atoms with E-state index in [0.717, 1.165) is 10.6 Å². The van der Waals surface area contributed by atoms with Gasteiger partial charge >= 0.3 is 11.9 Å². The van der Waals surface area contributed by atoms with Crippen molar-refractivity contribution in [2.24, 2.45) is 11.7 Å². The number of anilines is 1. The van der Waals surface area contributed by atoms with Crippen LogP contribution in [0.15, 0.2) is 36.5 Å². The van der Waals surface area contributed by atoms with E-state index in [4.69, 9.17) is 10.8 Å². The Balaban J connectivity index is 2.24. The second-order valence-electron chi connectivity index (χ2n) is 8.32. The first-order valence-corrected chi connectivity index (χ1v) is 10.8. The number of carbonyl (C=O) groups is 5. The highest BCUT2D eigenvalue weighted by Gasteiger charge is 2.25. The number of rotatable bonds is 11. The number of aromatic hydroxyl groups is 1. The van der Waals surface area contributed by atoms with E-state index in [1.165, 1.54) is 30.5 Å². The quantitative estimate of drug-likeness (QED) is 0.252. The highest BCUT2D eigenvalue weighted by Crippen LogP contribution is 2.24. The SMILES string of the molecule is CC(C)C[C@H](NC(=O)c1cccn1C(=O)c1cc(NC(=O)C(N)CCC(=O)O)ccc1O)C(=O)O. The van der Waals surface area contributed by atoms with Crippen molar-refractivity contribution in [3.8, 4) is 5.75 Å². The Hall–Kier alpha value is -4.19. The summed E-state index contributed by atoms with van der Waals surface area (Å²) in [5.74, 6) is -5.01. The maximum atomic E-state index is 13.1. The molecule has 0 aliphatic heterocycles. The minimum absolute atomic E-state index is 0.00281. The minimum Gasteiger partial charge on any atom is -0.507 e. The number of phenolic OH excluding ortho intramolecular Hbond substituents is 1. The van der Waals surface area contributed by atoms with Crippen LogP contribution in [-0.4, -0.2) is 61.6 Å². The van der Waals surface area contributed by atoms with Crippen LogP contribution < -0.4 is 16.4 Å². The van der Waals surface area contributed by atoms with E-state index in [9.17, 15) is 34.2 Å². The molecule has 1 heterocycles. The molecule has 35 heavy (non-hydrogen) atoms. The van der Waals surface area contributed by atoms with Gasteiger partial charge in [-0.2, -0.15) is 0 Å². The van der Waals surface area contributed by atoms with E-state index < -0.39 is 47.5 Å². The predicted molar refractivity (Wildman–Crippen MR) is 124 cm³/mol. The van der Waals surface area contributed by atoms with Crippen LogP contribution in [0.5, 0.6) is 5.75 Å². The molecule has 0 saturated heterocycles. The molecule has 7 N–H and O–H groups in total. The predicted octanol–water partition coefficient (Wildman–Crippen LogP) is 1.24. The molecule has 0 fully saturated rings. The van der Waals surface area contributed by atoms with E-state index in [-0.39, 0.29) is 42.1 Å². The van der Waals surface area contributed by atoms with Crippen molar-refractivity contribution in [3.63, 3.8) is 0 Å². The van der Waals surface area contributed by atoms with Gasteiger partial charge in [0, 0.05) is 18.3 Å². The van der Waals surface area contributed by atoms with Crippen LogP contribution in [-0.2, 0) is 14.4 Å². The number of benzene rings is 1. The van der Waals surface area contributed by atoms with E-state index in [2.05, 4.69) is 10.6 Å². The minimum atomic E-state index is -1.21. The van der Waals surface area contributed by atoms with Crippen molar-refractivity contribution in [2.75, 3.05) is 5.32 Å². The maximum Gasteiger partial charge on any atom is 0.326 e. The van der Waals surface area contributed by atoms with Crippen molar-refractivity contribution in [1.29, 1.82) is 0 Å². The molecule has 0 aliphatic carbocycles. The molecule has 2 aromatic rings. The lowest BCUT2D eigenvalue weighted by Crippen LogP contribution is -2.42. The summed E-state index contributed by atoms with van der Waals surface area (Å²) in [5.41, 5.74) is 5.40. The van der Waals surface area contributed by atoms with Crippen LogP contribution >= 0.6 is 0 Å². The molecule has 2 amide bonds. The highest BCUT2D eigenvalue weighted by molar-refractivity contribution is 6.05. The number of nitrogens with two attached hydrogens (primary N) is 1. The van der Waals surface area contributed by atoms with Crippen molar-refractivity contribution in [3.05, 3.63) is 47.8 Å². The first-order chi connectivity index (χ1) is 16.4. The number of nitrogens with zero attached hydrogens (tertiary/aromatic N) is 1. The summed E-state index contributed by atoms with van der Waals surface area (Å²) in [6.07, 6.45) is 1.07. The van der Waals surface area contributed by atoms with Gasteiger partial charge in [-0.05, 0) is 49.1 Å². The number of carboxylic acids is 2. The first kappa shape index (κ1) is 27.1. The molecule has 12 nitrogen and oxygen atoms in total. The van der Waals surface area contributed by atoms with Crippen molar-refractivity contribution >= 4 is 35.3 Å². The summed E-state index contributed by atoms with van der Waals surface area (Å²) in [5, 5.41) is 33.2. The molecule has 1 unspecified atom stereocenters. The second kappa shape index (κ2) is 11.8. The Morgan fingerprint density at radius 1 is 1.09 bits per heavy atom. The average Bonchev–Trinajstić information content (AvgIpc) is 3.27. The summed E-state index contributed by atoms with van der Waals surface area (Å²) in [4.78, 5) is 60.2. The van der Waals surface area contributed by atoms with Gasteiger partial charge in [0.2, 0.25) is 5.91 Å². The van der Waals surface area contributed by atoms with Gasteiger partial charge in [0.05, 0.1) is 11.6 Å². The molecule has 0 radical (unpaired) electrons. The van der Waals surface area contributed by atoms with E-state index in [0.29, 0.717) is 0 Å². The lowest BCUT2D eigenvalue weighted by molar-refractivity contribution is -0.140. The van der Waals surface area contributed by atoms with E-state index in [1.54, 1.807) is 0 Å². The van der Waals surface area contributed by atoms with Crippen LogP contribution in [0.2, 0.25) is 0 Å². The van der Waals surface area contributed by atoms with E-state index >= 15 is 0 Å². The number of phenols is 1. The Morgan fingerprint density at radius 2 is 1.77 bits per heavy atom. The third kappa shape index (κ3) is 7.40. The van der Waals surface area contributed by atoms with Gasteiger partial charge in [-0.1, -0.05) is 13.8 Å². The molecule has 12 heteroatoms. The van der Waals surface area contributed by atoms with Gasteiger partial charge in [0.1, 0.15) is 17.5 Å².